The molecule has 0 spiro atoms. The number of Topliss-reactive ketones (excluding diaryl/α,β-unsaturated/α-hetero) is 1. The standard InChI is InChI=1S/C16H18N2O4/c1-22-16(21)11-18-8-4-14(5-9-18)13-2-6-17(7-3-13)10-15(20)12-19/h2-9,19H,10-12H2,1H3/q+2. The molecule has 0 saturated heterocycles. The van der Waals surface area contributed by atoms with Crippen molar-refractivity contribution in [1.29, 1.82) is 0 Å². The minimum atomic E-state index is -0.451. The predicted octanol–water partition coefficient (Wildman–Crippen LogP) is -0.337. The lowest BCUT2D eigenvalue weighted by Gasteiger charge is -2.01. The van der Waals surface area contributed by atoms with Gasteiger partial charge in [0, 0.05) is 24.3 Å². The van der Waals surface area contributed by atoms with Gasteiger partial charge in [-0.2, -0.15) is 9.13 Å². The van der Waals surface area contributed by atoms with E-state index in [9.17, 15) is 9.59 Å². The second-order valence-electron chi connectivity index (χ2n) is 4.79. The van der Waals surface area contributed by atoms with Gasteiger partial charge < -0.3 is 9.84 Å². The number of ketones is 1. The number of esters is 1. The van der Waals surface area contributed by atoms with Crippen molar-refractivity contribution < 1.29 is 28.6 Å². The quantitative estimate of drug-likeness (QED) is 0.585. The van der Waals surface area contributed by atoms with E-state index in [-0.39, 0.29) is 24.8 Å². The maximum absolute atomic E-state index is 11.2. The number of hydrogen-bond acceptors (Lipinski definition) is 4. The molecule has 0 aliphatic rings. The predicted molar refractivity (Wildman–Crippen MR) is 76.4 cm³/mol. The van der Waals surface area contributed by atoms with Crippen LogP contribution < -0.4 is 9.13 Å². The monoisotopic (exact) mass is 302 g/mol. The third-order valence-electron chi connectivity index (χ3n) is 3.19. The van der Waals surface area contributed by atoms with E-state index in [1.54, 1.807) is 21.5 Å². The number of pyridine rings is 2. The summed E-state index contributed by atoms with van der Waals surface area (Å²) in [6.07, 6.45) is 7.20. The fourth-order valence-corrected chi connectivity index (χ4v) is 1.98. The molecule has 0 atom stereocenters. The maximum Gasteiger partial charge on any atom is 0.372 e. The lowest BCUT2D eigenvalue weighted by atomic mass is 10.1. The summed E-state index contributed by atoms with van der Waals surface area (Å²) in [6.45, 7) is -0.118. The summed E-state index contributed by atoms with van der Waals surface area (Å²) in [5.74, 6) is -0.534. The molecule has 0 fully saturated rings. The van der Waals surface area contributed by atoms with Crippen LogP contribution in [-0.2, 0) is 27.4 Å². The van der Waals surface area contributed by atoms with Crippen molar-refractivity contribution in [2.45, 2.75) is 13.1 Å². The molecular formula is C16H18N2O4+2. The van der Waals surface area contributed by atoms with Crippen molar-refractivity contribution in [2.75, 3.05) is 13.7 Å². The molecule has 0 aliphatic heterocycles. The fraction of sp³-hybridized carbons (Fsp3) is 0.250. The van der Waals surface area contributed by atoms with E-state index in [0.29, 0.717) is 0 Å². The third kappa shape index (κ3) is 4.20. The van der Waals surface area contributed by atoms with Crippen LogP contribution in [0.15, 0.2) is 49.1 Å². The minimum Gasteiger partial charge on any atom is -0.464 e. The Kier molecular flexibility index (Phi) is 5.32. The number of hydrogen-bond donors (Lipinski definition) is 1. The Balaban J connectivity index is 2.08. The first-order valence-electron chi connectivity index (χ1n) is 6.80. The zero-order valence-corrected chi connectivity index (χ0v) is 12.3. The normalized spacial score (nSPS) is 10.3. The molecule has 0 radical (unpaired) electrons. The molecule has 22 heavy (non-hydrogen) atoms. The van der Waals surface area contributed by atoms with Crippen molar-refractivity contribution in [2.24, 2.45) is 0 Å². The van der Waals surface area contributed by atoms with Crippen LogP contribution in [0.1, 0.15) is 0 Å². The lowest BCUT2D eigenvalue weighted by molar-refractivity contribution is -0.685. The minimum absolute atomic E-state index is 0.157. The molecule has 0 bridgehead atoms. The number of aromatic nitrogens is 2. The number of rotatable bonds is 6. The first-order valence-corrected chi connectivity index (χ1v) is 6.80. The molecule has 2 aromatic heterocycles. The molecule has 0 aromatic carbocycles. The van der Waals surface area contributed by atoms with Crippen LogP contribution in [0.25, 0.3) is 11.1 Å². The van der Waals surface area contributed by atoms with Gasteiger partial charge in [-0.25, -0.2) is 4.79 Å². The molecule has 2 heterocycles. The summed E-state index contributed by atoms with van der Waals surface area (Å²) in [5.41, 5.74) is 2.00. The lowest BCUT2D eigenvalue weighted by Crippen LogP contribution is -2.38. The topological polar surface area (TPSA) is 71.4 Å². The van der Waals surface area contributed by atoms with E-state index in [4.69, 9.17) is 5.11 Å². The van der Waals surface area contributed by atoms with Crippen molar-refractivity contribution in [3.05, 3.63) is 49.1 Å². The Morgan fingerprint density at radius 2 is 1.41 bits per heavy atom. The molecule has 6 nitrogen and oxygen atoms in total. The van der Waals surface area contributed by atoms with E-state index < -0.39 is 6.61 Å². The van der Waals surface area contributed by atoms with Gasteiger partial charge in [-0.15, -0.1) is 0 Å². The van der Waals surface area contributed by atoms with Gasteiger partial charge in [-0.1, -0.05) is 0 Å². The van der Waals surface area contributed by atoms with Crippen LogP contribution in [0.4, 0.5) is 0 Å². The van der Waals surface area contributed by atoms with Crippen LogP contribution >= 0.6 is 0 Å². The molecule has 0 aliphatic carbocycles. The van der Waals surface area contributed by atoms with Crippen LogP contribution in [0.2, 0.25) is 0 Å². The van der Waals surface area contributed by atoms with Crippen LogP contribution in [0.5, 0.6) is 0 Å². The summed E-state index contributed by atoms with van der Waals surface area (Å²) in [5, 5.41) is 8.74. The van der Waals surface area contributed by atoms with Crippen LogP contribution in [-0.4, -0.2) is 30.6 Å². The molecule has 2 rings (SSSR count). The highest BCUT2D eigenvalue weighted by atomic mass is 16.5. The molecule has 0 unspecified atom stereocenters. The summed E-state index contributed by atoms with van der Waals surface area (Å²) in [6, 6.07) is 7.60. The molecule has 114 valence electrons. The van der Waals surface area contributed by atoms with E-state index >= 15 is 0 Å². The second-order valence-corrected chi connectivity index (χ2v) is 4.79. The largest absolute Gasteiger partial charge is 0.464 e. The van der Waals surface area contributed by atoms with Crippen LogP contribution in [0, 0.1) is 0 Å². The average molecular weight is 302 g/mol. The van der Waals surface area contributed by atoms with E-state index in [2.05, 4.69) is 4.74 Å². The van der Waals surface area contributed by atoms with Gasteiger partial charge in [0.2, 0.25) is 18.9 Å². The molecule has 2 aromatic rings. The second kappa shape index (κ2) is 7.42. The summed E-state index contributed by atoms with van der Waals surface area (Å²) < 4.78 is 8.06. The first kappa shape index (κ1) is 15.8. The number of nitrogens with zero attached hydrogens (tertiary/aromatic N) is 2. The number of carbonyl (C=O) groups is 2. The fourth-order valence-electron chi connectivity index (χ4n) is 1.98. The Hall–Kier alpha value is -2.60. The number of methoxy groups -OCH3 is 1. The van der Waals surface area contributed by atoms with Gasteiger partial charge in [0.15, 0.2) is 24.8 Å². The average Bonchev–Trinajstić information content (AvgIpc) is 2.56. The van der Waals surface area contributed by atoms with Crippen molar-refractivity contribution in [1.82, 2.24) is 0 Å². The van der Waals surface area contributed by atoms with Gasteiger partial charge in [-0.3, -0.25) is 4.79 Å². The Morgan fingerprint density at radius 3 is 1.82 bits per heavy atom. The Bertz CT molecular complexity index is 591. The zero-order chi connectivity index (χ0) is 15.9. The number of aliphatic hydroxyl groups excluding tert-OH is 1. The maximum atomic E-state index is 11.2. The number of ether oxygens (including phenoxy) is 1. The first-order chi connectivity index (χ1) is 10.6. The van der Waals surface area contributed by atoms with Crippen molar-refractivity contribution in [3.63, 3.8) is 0 Å². The number of aliphatic hydroxyl groups is 1. The van der Waals surface area contributed by atoms with E-state index in [1.165, 1.54) is 7.11 Å². The highest BCUT2D eigenvalue weighted by Gasteiger charge is 2.11. The summed E-state index contributed by atoms with van der Waals surface area (Å²) in [7, 11) is 1.36. The molecule has 6 heteroatoms. The Morgan fingerprint density at radius 1 is 0.955 bits per heavy atom. The highest BCUT2D eigenvalue weighted by Crippen LogP contribution is 2.15. The molecule has 1 N–H and O–H groups in total. The summed E-state index contributed by atoms with van der Waals surface area (Å²) in [4.78, 5) is 22.4. The van der Waals surface area contributed by atoms with Crippen molar-refractivity contribution in [3.8, 4) is 11.1 Å². The summed E-state index contributed by atoms with van der Waals surface area (Å²) >= 11 is 0. The van der Waals surface area contributed by atoms with Crippen molar-refractivity contribution >= 4 is 11.8 Å². The Labute approximate surface area is 128 Å². The molecule has 0 amide bonds. The van der Waals surface area contributed by atoms with Crippen LogP contribution in [0.3, 0.4) is 0 Å². The molecule has 0 saturated carbocycles. The SMILES string of the molecule is COC(=O)C[n+]1ccc(-c2cc[n+](CC(=O)CO)cc2)cc1. The van der Waals surface area contributed by atoms with Gasteiger partial charge in [0.05, 0.1) is 7.11 Å². The molecular weight excluding hydrogens is 284 g/mol. The van der Waals surface area contributed by atoms with Gasteiger partial charge in [0.1, 0.15) is 6.61 Å². The smallest absolute Gasteiger partial charge is 0.372 e. The van der Waals surface area contributed by atoms with Gasteiger partial charge >= 0.3 is 5.97 Å². The van der Waals surface area contributed by atoms with Gasteiger partial charge in [0.25, 0.3) is 0 Å². The third-order valence-corrected chi connectivity index (χ3v) is 3.19. The van der Waals surface area contributed by atoms with E-state index in [0.717, 1.165) is 11.1 Å². The van der Waals surface area contributed by atoms with E-state index in [1.807, 2.05) is 36.7 Å². The van der Waals surface area contributed by atoms with Gasteiger partial charge in [-0.05, 0) is 11.1 Å². The number of carbonyl (C=O) groups excluding carboxylic acids is 2. The zero-order valence-electron chi connectivity index (χ0n) is 12.3. The highest BCUT2D eigenvalue weighted by molar-refractivity contribution is 5.77.